The van der Waals surface area contributed by atoms with Crippen LogP contribution in [0.2, 0.25) is 0 Å². The Morgan fingerprint density at radius 1 is 1.30 bits per heavy atom. The second-order valence-electron chi connectivity index (χ2n) is 4.91. The molecule has 1 heterocycles. The number of aryl methyl sites for hydroxylation is 1. The Labute approximate surface area is 127 Å². The zero-order valence-electron chi connectivity index (χ0n) is 11.7. The van der Waals surface area contributed by atoms with Gasteiger partial charge in [0, 0.05) is 0 Å². The van der Waals surface area contributed by atoms with E-state index in [9.17, 15) is 4.39 Å². The molecule has 0 spiro atoms. The quantitative estimate of drug-likeness (QED) is 0.819. The molecular formula is C16H19BrFNO. The molecule has 0 aliphatic heterocycles. The highest BCUT2D eigenvalue weighted by Gasteiger charge is 2.15. The fourth-order valence-electron chi connectivity index (χ4n) is 2.13. The Morgan fingerprint density at radius 2 is 2.10 bits per heavy atom. The molecule has 0 radical (unpaired) electrons. The summed E-state index contributed by atoms with van der Waals surface area (Å²) >= 11 is 3.23. The van der Waals surface area contributed by atoms with Gasteiger partial charge in [-0.1, -0.05) is 13.0 Å². The number of benzene rings is 1. The average molecular weight is 340 g/mol. The Morgan fingerprint density at radius 3 is 2.70 bits per heavy atom. The molecule has 20 heavy (non-hydrogen) atoms. The van der Waals surface area contributed by atoms with E-state index < -0.39 is 0 Å². The van der Waals surface area contributed by atoms with Crippen molar-refractivity contribution in [3.8, 4) is 0 Å². The predicted octanol–water partition coefficient (Wildman–Crippen LogP) is 4.77. The molecule has 1 aromatic heterocycles. The van der Waals surface area contributed by atoms with Crippen molar-refractivity contribution >= 4 is 15.9 Å². The first kappa shape index (κ1) is 15.3. The summed E-state index contributed by atoms with van der Waals surface area (Å²) in [4.78, 5) is 0. The number of halogens is 2. The summed E-state index contributed by atoms with van der Waals surface area (Å²) in [5.41, 5.74) is 1.07. The SMILES string of the molecule is CCCNC(Cc1ccc(F)c(Br)c1)c1ccc(C)o1. The van der Waals surface area contributed by atoms with Crippen LogP contribution in [-0.2, 0) is 6.42 Å². The number of rotatable bonds is 6. The molecule has 0 bridgehead atoms. The number of hydrogen-bond acceptors (Lipinski definition) is 2. The van der Waals surface area contributed by atoms with Crippen LogP contribution in [0.25, 0.3) is 0 Å². The molecule has 2 rings (SSSR count). The lowest BCUT2D eigenvalue weighted by Gasteiger charge is -2.16. The Hall–Kier alpha value is -1.13. The minimum absolute atomic E-state index is 0.112. The average Bonchev–Trinajstić information content (AvgIpc) is 2.85. The van der Waals surface area contributed by atoms with Crippen molar-refractivity contribution in [1.82, 2.24) is 5.32 Å². The molecule has 1 aromatic carbocycles. The van der Waals surface area contributed by atoms with Crippen molar-refractivity contribution in [2.24, 2.45) is 0 Å². The van der Waals surface area contributed by atoms with Gasteiger partial charge in [-0.3, -0.25) is 0 Å². The molecule has 0 fully saturated rings. The van der Waals surface area contributed by atoms with Gasteiger partial charge in [-0.05, 0) is 72.1 Å². The summed E-state index contributed by atoms with van der Waals surface area (Å²) < 4.78 is 19.5. The lowest BCUT2D eigenvalue weighted by atomic mass is 10.0. The second kappa shape index (κ2) is 7.04. The van der Waals surface area contributed by atoms with Crippen molar-refractivity contribution in [1.29, 1.82) is 0 Å². The van der Waals surface area contributed by atoms with Gasteiger partial charge in [-0.25, -0.2) is 4.39 Å². The standard InChI is InChI=1S/C16H19BrFNO/c1-3-8-19-15(16-7-4-11(2)20-16)10-12-5-6-14(18)13(17)9-12/h4-7,9,15,19H,3,8,10H2,1-2H3. The summed E-state index contributed by atoms with van der Waals surface area (Å²) in [5, 5.41) is 3.48. The largest absolute Gasteiger partial charge is 0.465 e. The van der Waals surface area contributed by atoms with Crippen molar-refractivity contribution in [2.75, 3.05) is 6.54 Å². The van der Waals surface area contributed by atoms with Crippen molar-refractivity contribution in [2.45, 2.75) is 32.7 Å². The molecule has 0 saturated carbocycles. The molecule has 0 amide bonds. The summed E-state index contributed by atoms with van der Waals surface area (Å²) in [6.45, 7) is 4.99. The fraction of sp³-hybridized carbons (Fsp3) is 0.375. The van der Waals surface area contributed by atoms with Crippen LogP contribution in [0.4, 0.5) is 4.39 Å². The first-order valence-electron chi connectivity index (χ1n) is 6.83. The molecule has 0 aliphatic carbocycles. The van der Waals surface area contributed by atoms with Crippen LogP contribution in [0.15, 0.2) is 39.2 Å². The molecule has 1 unspecified atom stereocenters. The number of furan rings is 1. The van der Waals surface area contributed by atoms with E-state index in [1.165, 1.54) is 6.07 Å². The van der Waals surface area contributed by atoms with Crippen LogP contribution in [0.1, 0.15) is 36.5 Å². The zero-order valence-corrected chi connectivity index (χ0v) is 13.3. The van der Waals surface area contributed by atoms with E-state index in [4.69, 9.17) is 4.42 Å². The first-order valence-corrected chi connectivity index (χ1v) is 7.63. The lowest BCUT2D eigenvalue weighted by Crippen LogP contribution is -2.23. The Bertz CT molecular complexity index is 567. The van der Waals surface area contributed by atoms with E-state index in [2.05, 4.69) is 28.2 Å². The van der Waals surface area contributed by atoms with Crippen LogP contribution >= 0.6 is 15.9 Å². The van der Waals surface area contributed by atoms with Crippen LogP contribution in [0, 0.1) is 12.7 Å². The van der Waals surface area contributed by atoms with Gasteiger partial charge >= 0.3 is 0 Å². The van der Waals surface area contributed by atoms with E-state index >= 15 is 0 Å². The summed E-state index contributed by atoms with van der Waals surface area (Å²) in [6, 6.07) is 9.21. The van der Waals surface area contributed by atoms with Gasteiger partial charge in [0.05, 0.1) is 10.5 Å². The zero-order chi connectivity index (χ0) is 14.5. The summed E-state index contributed by atoms with van der Waals surface area (Å²) in [6.07, 6.45) is 1.83. The van der Waals surface area contributed by atoms with Gasteiger partial charge in [-0.15, -0.1) is 0 Å². The lowest BCUT2D eigenvalue weighted by molar-refractivity contribution is 0.398. The number of hydrogen-bond donors (Lipinski definition) is 1. The van der Waals surface area contributed by atoms with Crippen LogP contribution in [0.3, 0.4) is 0 Å². The van der Waals surface area contributed by atoms with Gasteiger partial charge in [-0.2, -0.15) is 0 Å². The third-order valence-electron chi connectivity index (χ3n) is 3.17. The highest BCUT2D eigenvalue weighted by Crippen LogP contribution is 2.24. The monoisotopic (exact) mass is 339 g/mol. The van der Waals surface area contributed by atoms with E-state index in [1.54, 1.807) is 0 Å². The predicted molar refractivity (Wildman–Crippen MR) is 82.3 cm³/mol. The maximum atomic E-state index is 13.3. The van der Waals surface area contributed by atoms with Gasteiger partial charge < -0.3 is 9.73 Å². The molecule has 1 atom stereocenters. The third kappa shape index (κ3) is 3.93. The smallest absolute Gasteiger partial charge is 0.137 e. The van der Waals surface area contributed by atoms with Gasteiger partial charge in [0.1, 0.15) is 17.3 Å². The van der Waals surface area contributed by atoms with Crippen molar-refractivity contribution in [3.05, 3.63) is 57.7 Å². The maximum Gasteiger partial charge on any atom is 0.137 e. The molecular weight excluding hydrogens is 321 g/mol. The van der Waals surface area contributed by atoms with Gasteiger partial charge in [0.15, 0.2) is 0 Å². The Balaban J connectivity index is 2.16. The van der Waals surface area contributed by atoms with Crippen LogP contribution in [0.5, 0.6) is 0 Å². The Kier molecular flexibility index (Phi) is 5.38. The third-order valence-corrected chi connectivity index (χ3v) is 3.78. The molecule has 2 nitrogen and oxygen atoms in total. The highest BCUT2D eigenvalue weighted by atomic mass is 79.9. The summed E-state index contributed by atoms with van der Waals surface area (Å²) in [5.74, 6) is 1.60. The van der Waals surface area contributed by atoms with Crippen molar-refractivity contribution in [3.63, 3.8) is 0 Å². The fourth-order valence-corrected chi connectivity index (χ4v) is 2.56. The first-order chi connectivity index (χ1) is 9.60. The molecule has 1 N–H and O–H groups in total. The van der Waals surface area contributed by atoms with E-state index in [1.807, 2.05) is 31.2 Å². The number of nitrogens with one attached hydrogen (secondary N) is 1. The van der Waals surface area contributed by atoms with Gasteiger partial charge in [0.2, 0.25) is 0 Å². The molecule has 0 saturated heterocycles. The molecule has 108 valence electrons. The second-order valence-corrected chi connectivity index (χ2v) is 5.76. The van der Waals surface area contributed by atoms with E-state index in [-0.39, 0.29) is 11.9 Å². The topological polar surface area (TPSA) is 25.2 Å². The summed E-state index contributed by atoms with van der Waals surface area (Å²) in [7, 11) is 0. The van der Waals surface area contributed by atoms with E-state index in [0.29, 0.717) is 4.47 Å². The molecule has 2 aromatic rings. The van der Waals surface area contributed by atoms with Crippen LogP contribution in [-0.4, -0.2) is 6.54 Å². The highest BCUT2D eigenvalue weighted by molar-refractivity contribution is 9.10. The maximum absolute atomic E-state index is 13.3. The van der Waals surface area contributed by atoms with E-state index in [0.717, 1.165) is 36.5 Å². The minimum atomic E-state index is -0.235. The normalized spacial score (nSPS) is 12.6. The molecule has 4 heteroatoms. The molecule has 0 aliphatic rings. The van der Waals surface area contributed by atoms with Gasteiger partial charge in [0.25, 0.3) is 0 Å². The van der Waals surface area contributed by atoms with Crippen molar-refractivity contribution < 1.29 is 8.81 Å². The minimum Gasteiger partial charge on any atom is -0.465 e. The van der Waals surface area contributed by atoms with Crippen LogP contribution < -0.4 is 5.32 Å².